The van der Waals surface area contributed by atoms with Gasteiger partial charge in [0.2, 0.25) is 5.95 Å². The Morgan fingerprint density at radius 3 is 2.58 bits per heavy atom. The molecule has 3 atom stereocenters. The smallest absolute Gasteiger partial charge is 0.255 e. The molecule has 3 aromatic rings. The SMILES string of the molecule is CC(Nc1cc(-c2cc(=O)n(C)c(N3C[C@@H]4C[C@H]3CN4C)n2)ccn1)c1ccccc1. The van der Waals surface area contributed by atoms with Gasteiger partial charge in [0, 0.05) is 56.1 Å². The van der Waals surface area contributed by atoms with Gasteiger partial charge in [0.1, 0.15) is 5.82 Å². The third-order valence-electron chi connectivity index (χ3n) is 6.60. The molecule has 1 aromatic carbocycles. The van der Waals surface area contributed by atoms with E-state index in [1.807, 2.05) is 37.4 Å². The molecule has 31 heavy (non-hydrogen) atoms. The molecule has 7 heteroatoms. The highest BCUT2D eigenvalue weighted by Gasteiger charge is 2.42. The van der Waals surface area contributed by atoms with Crippen LogP contribution in [0.5, 0.6) is 0 Å². The predicted octanol–water partition coefficient (Wildman–Crippen LogP) is 2.91. The lowest BCUT2D eigenvalue weighted by molar-refractivity contribution is 0.290. The number of nitrogens with zero attached hydrogens (tertiary/aromatic N) is 5. The fraction of sp³-hybridized carbons (Fsp3) is 0.375. The molecule has 160 valence electrons. The average molecular weight is 417 g/mol. The van der Waals surface area contributed by atoms with Crippen molar-refractivity contribution in [2.75, 3.05) is 30.4 Å². The van der Waals surface area contributed by atoms with Crippen LogP contribution >= 0.6 is 0 Å². The lowest BCUT2D eigenvalue weighted by atomic mass is 10.1. The van der Waals surface area contributed by atoms with Crippen molar-refractivity contribution in [3.63, 3.8) is 0 Å². The summed E-state index contributed by atoms with van der Waals surface area (Å²) in [7, 11) is 3.98. The number of nitrogens with one attached hydrogen (secondary N) is 1. The highest BCUT2D eigenvalue weighted by Crippen LogP contribution is 2.33. The van der Waals surface area contributed by atoms with Crippen molar-refractivity contribution in [3.8, 4) is 11.3 Å². The number of anilines is 2. The molecular formula is C24H28N6O. The molecule has 2 aliphatic heterocycles. The molecule has 0 saturated carbocycles. The number of benzene rings is 1. The van der Waals surface area contributed by atoms with Crippen molar-refractivity contribution in [2.24, 2.45) is 7.05 Å². The van der Waals surface area contributed by atoms with Crippen LogP contribution < -0.4 is 15.8 Å². The number of hydrogen-bond donors (Lipinski definition) is 1. The summed E-state index contributed by atoms with van der Waals surface area (Å²) in [6.07, 6.45) is 2.90. The van der Waals surface area contributed by atoms with E-state index < -0.39 is 0 Å². The Labute approximate surface area is 182 Å². The molecule has 2 aromatic heterocycles. The summed E-state index contributed by atoms with van der Waals surface area (Å²) in [6, 6.07) is 16.8. The number of piperazine rings is 1. The normalized spacial score (nSPS) is 21.5. The third-order valence-corrected chi connectivity index (χ3v) is 6.60. The molecule has 2 fully saturated rings. The van der Waals surface area contributed by atoms with E-state index in [1.54, 1.807) is 16.8 Å². The van der Waals surface area contributed by atoms with Gasteiger partial charge in [0.15, 0.2) is 0 Å². The molecule has 2 bridgehead atoms. The Bertz CT molecular complexity index is 1140. The minimum atomic E-state index is -0.0416. The van der Waals surface area contributed by atoms with Crippen LogP contribution in [0.3, 0.4) is 0 Å². The fourth-order valence-electron chi connectivity index (χ4n) is 4.76. The Balaban J connectivity index is 1.44. The Kier molecular flexibility index (Phi) is 4.98. The second-order valence-electron chi connectivity index (χ2n) is 8.68. The summed E-state index contributed by atoms with van der Waals surface area (Å²) >= 11 is 0. The minimum Gasteiger partial charge on any atom is -0.364 e. The molecule has 4 heterocycles. The molecular weight excluding hydrogens is 388 g/mol. The van der Waals surface area contributed by atoms with Gasteiger partial charge in [-0.2, -0.15) is 0 Å². The summed E-state index contributed by atoms with van der Waals surface area (Å²) < 4.78 is 1.67. The van der Waals surface area contributed by atoms with Crippen LogP contribution in [0.15, 0.2) is 59.5 Å². The van der Waals surface area contributed by atoms with Gasteiger partial charge in [0.25, 0.3) is 5.56 Å². The zero-order chi connectivity index (χ0) is 21.5. The van der Waals surface area contributed by atoms with Crippen LogP contribution in [0.1, 0.15) is 24.9 Å². The van der Waals surface area contributed by atoms with Gasteiger partial charge in [-0.3, -0.25) is 14.3 Å². The molecule has 7 nitrogen and oxygen atoms in total. The van der Waals surface area contributed by atoms with Crippen LogP contribution in [0.25, 0.3) is 11.3 Å². The molecule has 0 spiro atoms. The summed E-state index contributed by atoms with van der Waals surface area (Å²) in [6.45, 7) is 4.05. The quantitative estimate of drug-likeness (QED) is 0.690. The van der Waals surface area contributed by atoms with Gasteiger partial charge in [-0.15, -0.1) is 0 Å². The minimum absolute atomic E-state index is 0.0416. The van der Waals surface area contributed by atoms with Crippen LogP contribution in [-0.4, -0.2) is 51.7 Å². The molecule has 2 saturated heterocycles. The van der Waals surface area contributed by atoms with E-state index in [4.69, 9.17) is 4.98 Å². The van der Waals surface area contributed by atoms with Crippen LogP contribution in [-0.2, 0) is 7.05 Å². The van der Waals surface area contributed by atoms with Crippen molar-refractivity contribution < 1.29 is 0 Å². The first-order valence-electron chi connectivity index (χ1n) is 10.8. The molecule has 0 amide bonds. The lowest BCUT2D eigenvalue weighted by Crippen LogP contribution is -2.46. The number of hydrogen-bond acceptors (Lipinski definition) is 6. The van der Waals surface area contributed by atoms with Crippen LogP contribution in [0.4, 0.5) is 11.8 Å². The van der Waals surface area contributed by atoms with E-state index in [1.165, 1.54) is 5.56 Å². The summed E-state index contributed by atoms with van der Waals surface area (Å²) in [5.74, 6) is 1.52. The first-order chi connectivity index (χ1) is 15.0. The maximum atomic E-state index is 12.8. The van der Waals surface area contributed by atoms with E-state index in [0.717, 1.165) is 36.8 Å². The number of fused-ring (bicyclic) bond motifs is 2. The third kappa shape index (κ3) is 3.70. The van der Waals surface area contributed by atoms with E-state index in [0.29, 0.717) is 17.8 Å². The molecule has 0 aliphatic carbocycles. The van der Waals surface area contributed by atoms with Gasteiger partial charge < -0.3 is 10.2 Å². The van der Waals surface area contributed by atoms with Crippen molar-refractivity contribution in [2.45, 2.75) is 31.5 Å². The standard InChI is InChI=1S/C24H28N6O/c1-16(17-7-5-4-6-8-17)26-22-11-18(9-10-25-22)21-13-23(31)29(3)24(27-21)30-15-19-12-20(30)14-28(19)2/h4-11,13,16,19-20H,12,14-15H2,1-3H3,(H,25,26)/t16?,19-,20-/m0/s1. The zero-order valence-corrected chi connectivity index (χ0v) is 18.2. The second kappa shape index (κ2) is 7.81. The summed E-state index contributed by atoms with van der Waals surface area (Å²) in [5, 5.41) is 3.45. The largest absolute Gasteiger partial charge is 0.364 e. The van der Waals surface area contributed by atoms with E-state index in [2.05, 4.69) is 46.2 Å². The second-order valence-corrected chi connectivity index (χ2v) is 8.68. The highest BCUT2D eigenvalue weighted by molar-refractivity contribution is 5.64. The van der Waals surface area contributed by atoms with Gasteiger partial charge in [0.05, 0.1) is 5.69 Å². The summed E-state index contributed by atoms with van der Waals surface area (Å²) in [4.78, 5) is 26.9. The van der Waals surface area contributed by atoms with Crippen LogP contribution in [0, 0.1) is 0 Å². The molecule has 5 rings (SSSR count). The van der Waals surface area contributed by atoms with Crippen LogP contribution in [0.2, 0.25) is 0 Å². The van der Waals surface area contributed by atoms with Crippen molar-refractivity contribution in [1.82, 2.24) is 19.4 Å². The number of likely N-dealkylation sites (N-methyl/N-ethyl adjacent to an activating group) is 1. The van der Waals surface area contributed by atoms with Gasteiger partial charge in [-0.1, -0.05) is 30.3 Å². The van der Waals surface area contributed by atoms with Crippen molar-refractivity contribution in [1.29, 1.82) is 0 Å². The Hall–Kier alpha value is -3.19. The van der Waals surface area contributed by atoms with Crippen molar-refractivity contribution in [3.05, 3.63) is 70.6 Å². The zero-order valence-electron chi connectivity index (χ0n) is 18.2. The number of rotatable bonds is 5. The lowest BCUT2D eigenvalue weighted by Gasteiger charge is -2.33. The number of pyridine rings is 1. The molecule has 1 unspecified atom stereocenters. The topological polar surface area (TPSA) is 66.3 Å². The fourth-order valence-corrected chi connectivity index (χ4v) is 4.76. The monoisotopic (exact) mass is 416 g/mol. The summed E-state index contributed by atoms with van der Waals surface area (Å²) in [5.41, 5.74) is 2.73. The first kappa shape index (κ1) is 19.8. The Morgan fingerprint density at radius 1 is 1.06 bits per heavy atom. The van der Waals surface area contributed by atoms with Crippen molar-refractivity contribution >= 4 is 11.8 Å². The van der Waals surface area contributed by atoms with E-state index >= 15 is 0 Å². The highest BCUT2D eigenvalue weighted by atomic mass is 16.1. The average Bonchev–Trinajstić information content (AvgIpc) is 3.36. The first-order valence-corrected chi connectivity index (χ1v) is 10.8. The van der Waals surface area contributed by atoms with Gasteiger partial charge in [-0.25, -0.2) is 9.97 Å². The molecule has 2 aliphatic rings. The maximum absolute atomic E-state index is 12.8. The Morgan fingerprint density at radius 2 is 1.87 bits per heavy atom. The van der Waals surface area contributed by atoms with E-state index in [-0.39, 0.29) is 11.6 Å². The maximum Gasteiger partial charge on any atom is 0.255 e. The number of aromatic nitrogens is 3. The van der Waals surface area contributed by atoms with E-state index in [9.17, 15) is 4.79 Å². The van der Waals surface area contributed by atoms with Gasteiger partial charge >= 0.3 is 0 Å². The molecule has 1 N–H and O–H groups in total. The molecule has 0 radical (unpaired) electrons. The predicted molar refractivity (Wildman–Crippen MR) is 123 cm³/mol. The van der Waals surface area contributed by atoms with Gasteiger partial charge in [-0.05, 0) is 38.1 Å². The number of likely N-dealkylation sites (tertiary alicyclic amines) is 1.